The summed E-state index contributed by atoms with van der Waals surface area (Å²) in [6.07, 6.45) is 0. The normalized spacial score (nSPS) is 10.8. The molecule has 1 heterocycles. The van der Waals surface area contributed by atoms with Crippen molar-refractivity contribution in [3.05, 3.63) is 59.4 Å². The Morgan fingerprint density at radius 1 is 1.10 bits per heavy atom. The van der Waals surface area contributed by atoms with Gasteiger partial charge in [0, 0.05) is 10.9 Å². The Kier molecular flexibility index (Phi) is 3.28. The molecule has 0 atom stereocenters. The van der Waals surface area contributed by atoms with E-state index in [9.17, 15) is 4.39 Å². The number of ether oxygens (including phenoxy) is 1. The van der Waals surface area contributed by atoms with Gasteiger partial charge in [0.05, 0.1) is 23.3 Å². The van der Waals surface area contributed by atoms with Gasteiger partial charge in [-0.1, -0.05) is 23.7 Å². The number of benzene rings is 2. The van der Waals surface area contributed by atoms with Crippen molar-refractivity contribution in [1.29, 1.82) is 0 Å². The molecule has 4 heteroatoms. The summed E-state index contributed by atoms with van der Waals surface area (Å²) in [5, 5.41) is 1.07. The zero-order valence-electron chi connectivity index (χ0n) is 10.7. The molecule has 3 aromatic rings. The highest BCUT2D eigenvalue weighted by Gasteiger charge is 2.10. The van der Waals surface area contributed by atoms with Crippen LogP contribution in [0.2, 0.25) is 5.02 Å². The van der Waals surface area contributed by atoms with Crippen molar-refractivity contribution in [3.63, 3.8) is 0 Å². The molecule has 0 saturated heterocycles. The van der Waals surface area contributed by atoms with E-state index in [-0.39, 0.29) is 5.82 Å². The molecular formula is C16H11ClFNO. The molecule has 0 amide bonds. The average molecular weight is 288 g/mol. The van der Waals surface area contributed by atoms with Crippen molar-refractivity contribution in [2.75, 3.05) is 7.11 Å². The molecule has 0 fully saturated rings. The van der Waals surface area contributed by atoms with Crippen LogP contribution < -0.4 is 4.74 Å². The molecule has 0 N–H and O–H groups in total. The third-order valence-corrected chi connectivity index (χ3v) is 3.42. The lowest BCUT2D eigenvalue weighted by molar-refractivity contribution is 0.416. The quantitative estimate of drug-likeness (QED) is 0.681. The predicted octanol–water partition coefficient (Wildman–Crippen LogP) is 4.70. The molecule has 0 saturated carbocycles. The van der Waals surface area contributed by atoms with Gasteiger partial charge in [-0.15, -0.1) is 0 Å². The smallest absolute Gasteiger partial charge is 0.128 e. The van der Waals surface area contributed by atoms with E-state index in [0.29, 0.717) is 21.6 Å². The van der Waals surface area contributed by atoms with Crippen LogP contribution in [-0.4, -0.2) is 12.1 Å². The maximum atomic E-state index is 13.3. The minimum absolute atomic E-state index is 0.328. The van der Waals surface area contributed by atoms with Gasteiger partial charge in [0.2, 0.25) is 0 Å². The molecule has 0 bridgehead atoms. The summed E-state index contributed by atoms with van der Waals surface area (Å²) < 4.78 is 18.6. The molecule has 20 heavy (non-hydrogen) atoms. The van der Waals surface area contributed by atoms with Gasteiger partial charge in [-0.3, -0.25) is 0 Å². The Morgan fingerprint density at radius 2 is 1.90 bits per heavy atom. The fourth-order valence-corrected chi connectivity index (χ4v) is 2.41. The molecule has 1 aromatic heterocycles. The number of hydrogen-bond donors (Lipinski definition) is 0. The van der Waals surface area contributed by atoms with Gasteiger partial charge in [0.25, 0.3) is 0 Å². The number of fused-ring (bicyclic) bond motifs is 1. The highest BCUT2D eigenvalue weighted by molar-refractivity contribution is 6.35. The van der Waals surface area contributed by atoms with Crippen LogP contribution in [0.15, 0.2) is 48.5 Å². The molecule has 0 unspecified atom stereocenters. The van der Waals surface area contributed by atoms with Gasteiger partial charge in [0.15, 0.2) is 0 Å². The number of para-hydroxylation sites is 1. The Morgan fingerprint density at radius 3 is 2.70 bits per heavy atom. The van der Waals surface area contributed by atoms with Crippen LogP contribution in [0, 0.1) is 5.82 Å². The van der Waals surface area contributed by atoms with E-state index in [1.54, 1.807) is 19.2 Å². The van der Waals surface area contributed by atoms with Gasteiger partial charge >= 0.3 is 0 Å². The first-order valence-corrected chi connectivity index (χ1v) is 6.46. The summed E-state index contributed by atoms with van der Waals surface area (Å²) in [6.45, 7) is 0. The second-order valence-corrected chi connectivity index (χ2v) is 4.76. The van der Waals surface area contributed by atoms with Gasteiger partial charge in [-0.25, -0.2) is 9.37 Å². The first kappa shape index (κ1) is 12.9. The maximum Gasteiger partial charge on any atom is 0.128 e. The Balaban J connectivity index is 2.25. The van der Waals surface area contributed by atoms with Crippen LogP contribution in [0.1, 0.15) is 0 Å². The van der Waals surface area contributed by atoms with Crippen LogP contribution in [0.3, 0.4) is 0 Å². The lowest BCUT2D eigenvalue weighted by Gasteiger charge is -2.09. The van der Waals surface area contributed by atoms with Crippen LogP contribution >= 0.6 is 11.6 Å². The molecule has 0 radical (unpaired) electrons. The number of nitrogens with zero attached hydrogens (tertiary/aromatic N) is 1. The fourth-order valence-electron chi connectivity index (χ4n) is 2.15. The van der Waals surface area contributed by atoms with Crippen LogP contribution in [-0.2, 0) is 0 Å². The lowest BCUT2D eigenvalue weighted by Crippen LogP contribution is -1.91. The molecule has 0 aliphatic carbocycles. The standard InChI is InChI=1S/C16H11ClFNO/c1-20-16-5-3-2-4-11(16)15-9-13(17)12-8-10(18)6-7-14(12)19-15/h2-9H,1H3. The Labute approximate surface area is 120 Å². The van der Waals surface area contributed by atoms with E-state index in [1.807, 2.05) is 24.3 Å². The van der Waals surface area contributed by atoms with E-state index in [2.05, 4.69) is 4.98 Å². The first-order valence-electron chi connectivity index (χ1n) is 6.08. The van der Waals surface area contributed by atoms with E-state index in [1.165, 1.54) is 12.1 Å². The molecule has 0 spiro atoms. The van der Waals surface area contributed by atoms with Crippen molar-refractivity contribution in [3.8, 4) is 17.0 Å². The Bertz CT molecular complexity index is 789. The van der Waals surface area contributed by atoms with Crippen molar-refractivity contribution in [2.45, 2.75) is 0 Å². The minimum Gasteiger partial charge on any atom is -0.496 e. The third-order valence-electron chi connectivity index (χ3n) is 3.10. The number of hydrogen-bond acceptors (Lipinski definition) is 2. The van der Waals surface area contributed by atoms with Crippen LogP contribution in [0.5, 0.6) is 5.75 Å². The molecule has 0 aliphatic rings. The zero-order valence-corrected chi connectivity index (χ0v) is 11.5. The topological polar surface area (TPSA) is 22.1 Å². The summed E-state index contributed by atoms with van der Waals surface area (Å²) in [5.74, 6) is 0.392. The first-order chi connectivity index (χ1) is 9.69. The predicted molar refractivity (Wildman–Crippen MR) is 78.7 cm³/mol. The minimum atomic E-state index is -0.328. The van der Waals surface area contributed by atoms with Gasteiger partial charge in [-0.2, -0.15) is 0 Å². The van der Waals surface area contributed by atoms with Gasteiger partial charge in [0.1, 0.15) is 11.6 Å². The van der Waals surface area contributed by atoms with E-state index in [4.69, 9.17) is 16.3 Å². The molecule has 2 nitrogen and oxygen atoms in total. The largest absolute Gasteiger partial charge is 0.496 e. The van der Waals surface area contributed by atoms with Crippen molar-refractivity contribution >= 4 is 22.5 Å². The van der Waals surface area contributed by atoms with Gasteiger partial charge < -0.3 is 4.74 Å². The monoisotopic (exact) mass is 287 g/mol. The van der Waals surface area contributed by atoms with Gasteiger partial charge in [-0.05, 0) is 36.4 Å². The van der Waals surface area contributed by atoms with E-state index in [0.717, 1.165) is 11.3 Å². The number of aromatic nitrogens is 1. The van der Waals surface area contributed by atoms with Crippen molar-refractivity contribution < 1.29 is 9.13 Å². The van der Waals surface area contributed by atoms with Crippen molar-refractivity contribution in [1.82, 2.24) is 4.98 Å². The summed E-state index contributed by atoms with van der Waals surface area (Å²) in [6, 6.07) is 13.7. The number of halogens is 2. The molecule has 100 valence electrons. The molecular weight excluding hydrogens is 277 g/mol. The second kappa shape index (κ2) is 5.10. The Hall–Kier alpha value is -2.13. The SMILES string of the molecule is COc1ccccc1-c1cc(Cl)c2cc(F)ccc2n1. The summed E-state index contributed by atoms with van der Waals surface area (Å²) >= 11 is 6.23. The molecule has 3 rings (SSSR count). The average Bonchev–Trinajstić information content (AvgIpc) is 2.47. The highest BCUT2D eigenvalue weighted by Crippen LogP contribution is 2.33. The third kappa shape index (κ3) is 2.21. The molecule has 2 aromatic carbocycles. The number of rotatable bonds is 2. The lowest BCUT2D eigenvalue weighted by atomic mass is 10.1. The maximum absolute atomic E-state index is 13.3. The summed E-state index contributed by atoms with van der Waals surface area (Å²) in [5.41, 5.74) is 2.20. The number of methoxy groups -OCH3 is 1. The number of pyridine rings is 1. The summed E-state index contributed by atoms with van der Waals surface area (Å²) in [4.78, 5) is 4.52. The zero-order chi connectivity index (χ0) is 14.1. The second-order valence-electron chi connectivity index (χ2n) is 4.35. The highest BCUT2D eigenvalue weighted by atomic mass is 35.5. The summed E-state index contributed by atoms with van der Waals surface area (Å²) in [7, 11) is 1.61. The fraction of sp³-hybridized carbons (Fsp3) is 0.0625. The van der Waals surface area contributed by atoms with Crippen LogP contribution in [0.25, 0.3) is 22.2 Å². The van der Waals surface area contributed by atoms with Crippen LogP contribution in [0.4, 0.5) is 4.39 Å². The van der Waals surface area contributed by atoms with E-state index < -0.39 is 0 Å². The van der Waals surface area contributed by atoms with Crippen molar-refractivity contribution in [2.24, 2.45) is 0 Å². The molecule has 0 aliphatic heterocycles. The van der Waals surface area contributed by atoms with E-state index >= 15 is 0 Å².